The van der Waals surface area contributed by atoms with E-state index in [0.29, 0.717) is 10.8 Å². The second-order valence-electron chi connectivity index (χ2n) is 3.25. The normalized spacial score (nSPS) is 12.4. The summed E-state index contributed by atoms with van der Waals surface area (Å²) < 4.78 is 0. The van der Waals surface area contributed by atoms with Crippen LogP contribution in [0.5, 0.6) is 0 Å². The molecule has 3 nitrogen and oxygen atoms in total. The zero-order valence-corrected chi connectivity index (χ0v) is 10.6. The molecule has 1 atom stereocenters. The highest BCUT2D eigenvalue weighted by Crippen LogP contribution is 2.26. The van der Waals surface area contributed by atoms with Gasteiger partial charge in [-0.1, -0.05) is 30.7 Å². The molecule has 0 radical (unpaired) electrons. The number of benzene rings is 1. The van der Waals surface area contributed by atoms with Crippen LogP contribution in [0.25, 0.3) is 0 Å². The number of amides is 1. The minimum Gasteiger partial charge on any atom is -0.368 e. The quantitative estimate of drug-likeness (QED) is 0.767. The average Bonchev–Trinajstić information content (AvgIpc) is 2.26. The fourth-order valence-electron chi connectivity index (χ4n) is 1.22. The van der Waals surface area contributed by atoms with Crippen molar-refractivity contribution in [2.45, 2.75) is 17.9 Å². The maximum absolute atomic E-state index is 11.1. The number of thioether (sulfide) groups is 1. The number of nitrogens with one attached hydrogen (secondary N) is 1. The van der Waals surface area contributed by atoms with Gasteiger partial charge in [-0.2, -0.15) is 0 Å². The van der Waals surface area contributed by atoms with Gasteiger partial charge < -0.3 is 11.1 Å². The number of halogens is 1. The summed E-state index contributed by atoms with van der Waals surface area (Å²) in [4.78, 5) is 12.1. The molecule has 0 fully saturated rings. The van der Waals surface area contributed by atoms with Gasteiger partial charge in [0, 0.05) is 10.6 Å². The zero-order valence-electron chi connectivity index (χ0n) is 9.07. The molecule has 0 aliphatic rings. The topological polar surface area (TPSA) is 55.1 Å². The van der Waals surface area contributed by atoms with E-state index >= 15 is 0 Å². The van der Waals surface area contributed by atoms with Crippen LogP contribution in [0.2, 0.25) is 5.02 Å². The molecule has 0 aromatic heterocycles. The number of carbonyl (C=O) groups excluding carboxylic acids is 1. The molecule has 0 aliphatic carbocycles. The average molecular weight is 259 g/mol. The Morgan fingerprint density at radius 3 is 2.81 bits per heavy atom. The van der Waals surface area contributed by atoms with E-state index < -0.39 is 0 Å². The molecule has 1 unspecified atom stereocenters. The van der Waals surface area contributed by atoms with E-state index in [1.807, 2.05) is 31.2 Å². The Hall–Kier alpha value is -0.710. The lowest BCUT2D eigenvalue weighted by Crippen LogP contribution is -2.42. The highest BCUT2D eigenvalue weighted by molar-refractivity contribution is 7.99. The highest BCUT2D eigenvalue weighted by Gasteiger charge is 2.14. The number of likely N-dealkylation sites (N-methyl/N-ethyl adjacent to an activating group) is 1. The van der Waals surface area contributed by atoms with Gasteiger partial charge in [-0.25, -0.2) is 0 Å². The number of carbonyl (C=O) groups is 1. The minimum atomic E-state index is -0.332. The third kappa shape index (κ3) is 4.04. The molecule has 3 N–H and O–H groups in total. The van der Waals surface area contributed by atoms with E-state index in [4.69, 9.17) is 17.3 Å². The van der Waals surface area contributed by atoms with Gasteiger partial charge in [-0.3, -0.25) is 4.79 Å². The van der Waals surface area contributed by atoms with Crippen molar-refractivity contribution >= 4 is 29.3 Å². The van der Waals surface area contributed by atoms with Crippen molar-refractivity contribution in [3.8, 4) is 0 Å². The lowest BCUT2D eigenvalue weighted by Gasteiger charge is -2.13. The lowest BCUT2D eigenvalue weighted by atomic mass is 10.3. The molecule has 88 valence electrons. The minimum absolute atomic E-state index is 0.314. The molecule has 1 aromatic carbocycles. The van der Waals surface area contributed by atoms with Crippen LogP contribution in [-0.4, -0.2) is 24.2 Å². The number of primary amides is 1. The molecule has 1 aromatic rings. The first-order valence-corrected chi connectivity index (χ1v) is 6.41. The van der Waals surface area contributed by atoms with Crippen molar-refractivity contribution in [1.29, 1.82) is 0 Å². The van der Waals surface area contributed by atoms with Crippen molar-refractivity contribution in [2.75, 3.05) is 12.3 Å². The van der Waals surface area contributed by atoms with Gasteiger partial charge >= 0.3 is 0 Å². The van der Waals surface area contributed by atoms with Crippen LogP contribution < -0.4 is 11.1 Å². The maximum atomic E-state index is 11.1. The number of rotatable bonds is 6. The molecule has 5 heteroatoms. The lowest BCUT2D eigenvalue weighted by molar-refractivity contribution is -0.119. The van der Waals surface area contributed by atoms with E-state index in [2.05, 4.69) is 5.32 Å². The monoisotopic (exact) mass is 258 g/mol. The predicted octanol–water partition coefficient (Wildman–Crippen LogP) is 1.90. The van der Waals surface area contributed by atoms with Crippen LogP contribution in [0.1, 0.15) is 6.92 Å². The summed E-state index contributed by atoms with van der Waals surface area (Å²) in [5.74, 6) is 0.258. The van der Waals surface area contributed by atoms with Gasteiger partial charge in [0.2, 0.25) is 5.91 Å². The first-order chi connectivity index (χ1) is 7.65. The standard InChI is InChI=1S/C11H15ClN2OS/c1-2-14-9(11(13)15)7-16-10-6-4-3-5-8(10)12/h3-6,9,14H,2,7H2,1H3,(H2,13,15). The molecule has 0 saturated carbocycles. The van der Waals surface area contributed by atoms with Gasteiger partial charge in [0.1, 0.15) is 0 Å². The molecule has 16 heavy (non-hydrogen) atoms. The van der Waals surface area contributed by atoms with Crippen molar-refractivity contribution < 1.29 is 4.79 Å². The predicted molar refractivity (Wildman–Crippen MR) is 68.8 cm³/mol. The fourth-order valence-corrected chi connectivity index (χ4v) is 2.53. The SMILES string of the molecule is CCNC(CSc1ccccc1Cl)C(N)=O. The summed E-state index contributed by atoms with van der Waals surface area (Å²) in [6, 6.07) is 7.24. The molecular formula is C11H15ClN2OS. The largest absolute Gasteiger partial charge is 0.368 e. The van der Waals surface area contributed by atoms with Crippen LogP contribution in [0.15, 0.2) is 29.2 Å². The Morgan fingerprint density at radius 2 is 2.25 bits per heavy atom. The van der Waals surface area contributed by atoms with Gasteiger partial charge in [-0.15, -0.1) is 11.8 Å². The molecule has 0 aliphatic heterocycles. The fraction of sp³-hybridized carbons (Fsp3) is 0.364. The Bertz CT molecular complexity index is 360. The van der Waals surface area contributed by atoms with E-state index in [0.717, 1.165) is 11.4 Å². The summed E-state index contributed by atoms with van der Waals surface area (Å²) in [6.45, 7) is 2.66. The third-order valence-electron chi connectivity index (χ3n) is 2.04. The first-order valence-electron chi connectivity index (χ1n) is 5.05. The Labute approximate surface area is 105 Å². The van der Waals surface area contributed by atoms with Crippen LogP contribution in [0, 0.1) is 0 Å². The van der Waals surface area contributed by atoms with Gasteiger partial charge in [0.25, 0.3) is 0 Å². The van der Waals surface area contributed by atoms with E-state index in [1.54, 1.807) is 0 Å². The summed E-state index contributed by atoms with van der Waals surface area (Å²) in [5, 5.41) is 3.73. The molecule has 1 amide bonds. The van der Waals surface area contributed by atoms with Gasteiger partial charge in [-0.05, 0) is 18.7 Å². The number of nitrogens with two attached hydrogens (primary N) is 1. The van der Waals surface area contributed by atoms with E-state index in [9.17, 15) is 4.79 Å². The number of hydrogen-bond acceptors (Lipinski definition) is 3. The maximum Gasteiger partial charge on any atom is 0.235 e. The molecular weight excluding hydrogens is 244 g/mol. The Balaban J connectivity index is 2.55. The van der Waals surface area contributed by atoms with Crippen LogP contribution >= 0.6 is 23.4 Å². The first kappa shape index (κ1) is 13.4. The van der Waals surface area contributed by atoms with Crippen molar-refractivity contribution in [1.82, 2.24) is 5.32 Å². The molecule has 1 rings (SSSR count). The highest BCUT2D eigenvalue weighted by atomic mass is 35.5. The van der Waals surface area contributed by atoms with Gasteiger partial charge in [0.05, 0.1) is 11.1 Å². The van der Waals surface area contributed by atoms with Crippen LogP contribution in [-0.2, 0) is 4.79 Å². The smallest absolute Gasteiger partial charge is 0.235 e. The second-order valence-corrected chi connectivity index (χ2v) is 4.72. The third-order valence-corrected chi connectivity index (χ3v) is 3.64. The zero-order chi connectivity index (χ0) is 12.0. The van der Waals surface area contributed by atoms with Crippen molar-refractivity contribution in [3.63, 3.8) is 0 Å². The molecule has 0 heterocycles. The summed E-state index contributed by atoms with van der Waals surface area (Å²) in [5.41, 5.74) is 5.28. The summed E-state index contributed by atoms with van der Waals surface area (Å²) in [6.07, 6.45) is 0. The van der Waals surface area contributed by atoms with E-state index in [1.165, 1.54) is 11.8 Å². The van der Waals surface area contributed by atoms with Gasteiger partial charge in [0.15, 0.2) is 0 Å². The molecule has 0 saturated heterocycles. The Morgan fingerprint density at radius 1 is 1.56 bits per heavy atom. The van der Waals surface area contributed by atoms with Crippen LogP contribution in [0.4, 0.5) is 0 Å². The van der Waals surface area contributed by atoms with Crippen molar-refractivity contribution in [3.05, 3.63) is 29.3 Å². The summed E-state index contributed by atoms with van der Waals surface area (Å²) in [7, 11) is 0. The van der Waals surface area contributed by atoms with Crippen LogP contribution in [0.3, 0.4) is 0 Å². The van der Waals surface area contributed by atoms with E-state index in [-0.39, 0.29) is 11.9 Å². The van der Waals surface area contributed by atoms with Crippen molar-refractivity contribution in [2.24, 2.45) is 5.73 Å². The summed E-state index contributed by atoms with van der Waals surface area (Å²) >= 11 is 7.54. The second kappa shape index (κ2) is 6.78. The number of hydrogen-bond donors (Lipinski definition) is 2. The molecule has 0 spiro atoms. The Kier molecular flexibility index (Phi) is 5.66. The molecule has 0 bridgehead atoms.